The van der Waals surface area contributed by atoms with E-state index >= 15 is 0 Å². The molecule has 1 aromatic heterocycles. The van der Waals surface area contributed by atoms with Crippen LogP contribution in [-0.2, 0) is 9.53 Å². The van der Waals surface area contributed by atoms with Crippen molar-refractivity contribution in [3.05, 3.63) is 77.9 Å². The maximum atomic E-state index is 12.8. The monoisotopic (exact) mass is 338 g/mol. The molecule has 25 heavy (non-hydrogen) atoms. The van der Waals surface area contributed by atoms with Gasteiger partial charge in [0.25, 0.3) is 5.89 Å². The lowest BCUT2D eigenvalue weighted by Gasteiger charge is -2.06. The van der Waals surface area contributed by atoms with Gasteiger partial charge in [-0.25, -0.2) is 9.18 Å². The van der Waals surface area contributed by atoms with Gasteiger partial charge >= 0.3 is 5.97 Å². The van der Waals surface area contributed by atoms with Crippen LogP contribution in [0, 0.1) is 5.82 Å². The number of ether oxygens (including phenoxy) is 1. The average Bonchev–Trinajstić information content (AvgIpc) is 3.12. The number of aromatic nitrogens is 2. The van der Waals surface area contributed by atoms with E-state index in [4.69, 9.17) is 9.15 Å². The van der Waals surface area contributed by atoms with Crippen LogP contribution >= 0.6 is 0 Å². The molecule has 1 heterocycles. The third-order valence-electron chi connectivity index (χ3n) is 3.38. The summed E-state index contributed by atoms with van der Waals surface area (Å²) in [4.78, 5) is 11.9. The molecule has 0 fully saturated rings. The van der Waals surface area contributed by atoms with Gasteiger partial charge in [-0.1, -0.05) is 30.3 Å². The summed E-state index contributed by atoms with van der Waals surface area (Å²) in [7, 11) is 0. The second-order valence-corrected chi connectivity index (χ2v) is 5.28. The average molecular weight is 338 g/mol. The lowest BCUT2D eigenvalue weighted by molar-refractivity contribution is -0.143. The molecule has 0 N–H and O–H groups in total. The Hall–Kier alpha value is -3.28. The zero-order valence-corrected chi connectivity index (χ0v) is 13.4. The Bertz CT molecular complexity index is 873. The van der Waals surface area contributed by atoms with E-state index in [1.165, 1.54) is 24.3 Å². The van der Waals surface area contributed by atoms with Crippen molar-refractivity contribution in [3.63, 3.8) is 0 Å². The molecule has 0 bridgehead atoms. The molecule has 0 spiro atoms. The van der Waals surface area contributed by atoms with Crippen LogP contribution in [0.15, 0.2) is 65.1 Å². The SMILES string of the molecule is C[C@@H](OC(=O)/C=C/c1ccc(F)cc1)c1nnc(-c2ccccc2)o1. The van der Waals surface area contributed by atoms with Gasteiger partial charge in [0.15, 0.2) is 6.10 Å². The van der Waals surface area contributed by atoms with Crippen molar-refractivity contribution in [1.29, 1.82) is 0 Å². The molecule has 6 heteroatoms. The van der Waals surface area contributed by atoms with E-state index in [1.54, 1.807) is 19.1 Å². The Labute approximate surface area is 143 Å². The molecule has 3 aromatic rings. The first-order valence-corrected chi connectivity index (χ1v) is 7.65. The van der Waals surface area contributed by atoms with E-state index in [1.807, 2.05) is 30.3 Å². The highest BCUT2D eigenvalue weighted by atomic mass is 19.1. The quantitative estimate of drug-likeness (QED) is 0.515. The number of nitrogens with zero attached hydrogens (tertiary/aromatic N) is 2. The van der Waals surface area contributed by atoms with Crippen LogP contribution in [0.2, 0.25) is 0 Å². The van der Waals surface area contributed by atoms with Crippen LogP contribution < -0.4 is 0 Å². The molecule has 5 nitrogen and oxygen atoms in total. The van der Waals surface area contributed by atoms with Gasteiger partial charge in [-0.15, -0.1) is 10.2 Å². The highest BCUT2D eigenvalue weighted by molar-refractivity contribution is 5.87. The van der Waals surface area contributed by atoms with Crippen molar-refractivity contribution in [3.8, 4) is 11.5 Å². The van der Waals surface area contributed by atoms with Crippen LogP contribution in [-0.4, -0.2) is 16.2 Å². The summed E-state index contributed by atoms with van der Waals surface area (Å²) in [6.07, 6.45) is 2.12. The highest BCUT2D eigenvalue weighted by Gasteiger charge is 2.17. The van der Waals surface area contributed by atoms with Crippen LogP contribution in [0.25, 0.3) is 17.5 Å². The second kappa shape index (κ2) is 7.53. The van der Waals surface area contributed by atoms with Crippen molar-refractivity contribution in [2.75, 3.05) is 0 Å². The van der Waals surface area contributed by atoms with Gasteiger partial charge in [0, 0.05) is 11.6 Å². The van der Waals surface area contributed by atoms with Crippen LogP contribution in [0.4, 0.5) is 4.39 Å². The predicted molar refractivity (Wildman–Crippen MR) is 89.7 cm³/mol. The molecule has 0 amide bonds. The van der Waals surface area contributed by atoms with Gasteiger partial charge in [-0.3, -0.25) is 0 Å². The van der Waals surface area contributed by atoms with Gasteiger partial charge in [-0.2, -0.15) is 0 Å². The summed E-state index contributed by atoms with van der Waals surface area (Å²) >= 11 is 0. The summed E-state index contributed by atoms with van der Waals surface area (Å²) in [6.45, 7) is 1.64. The summed E-state index contributed by atoms with van der Waals surface area (Å²) in [5, 5.41) is 7.87. The summed E-state index contributed by atoms with van der Waals surface area (Å²) in [5.41, 5.74) is 1.48. The molecule has 0 aliphatic rings. The largest absolute Gasteiger partial charge is 0.449 e. The molecule has 126 valence electrons. The minimum atomic E-state index is -0.685. The van der Waals surface area contributed by atoms with Gasteiger partial charge < -0.3 is 9.15 Å². The first-order valence-electron chi connectivity index (χ1n) is 7.65. The maximum Gasteiger partial charge on any atom is 0.331 e. The standard InChI is InChI=1S/C19H15FN2O3/c1-13(18-21-22-19(25-18)15-5-3-2-4-6-15)24-17(23)12-9-14-7-10-16(20)11-8-14/h2-13H,1H3/b12-9+/t13-/m1/s1. The zero-order valence-electron chi connectivity index (χ0n) is 13.4. The number of hydrogen-bond acceptors (Lipinski definition) is 5. The minimum Gasteiger partial charge on any atom is -0.449 e. The van der Waals surface area contributed by atoms with Gasteiger partial charge in [0.05, 0.1) is 0 Å². The van der Waals surface area contributed by atoms with E-state index < -0.39 is 12.1 Å². The molecule has 0 aliphatic heterocycles. The van der Waals surface area contributed by atoms with Crippen molar-refractivity contribution in [2.24, 2.45) is 0 Å². The van der Waals surface area contributed by atoms with Gasteiger partial charge in [0.1, 0.15) is 5.82 Å². The van der Waals surface area contributed by atoms with E-state index in [9.17, 15) is 9.18 Å². The maximum absolute atomic E-state index is 12.8. The smallest absolute Gasteiger partial charge is 0.331 e. The lowest BCUT2D eigenvalue weighted by Crippen LogP contribution is -2.06. The van der Waals surface area contributed by atoms with Gasteiger partial charge in [0.2, 0.25) is 5.89 Å². The predicted octanol–water partition coefficient (Wildman–Crippen LogP) is 4.19. The lowest BCUT2D eigenvalue weighted by atomic mass is 10.2. The summed E-state index contributed by atoms with van der Waals surface area (Å²) < 4.78 is 23.6. The molecule has 0 saturated carbocycles. The van der Waals surface area contributed by atoms with E-state index in [-0.39, 0.29) is 11.7 Å². The van der Waals surface area contributed by atoms with Crippen molar-refractivity contribution in [2.45, 2.75) is 13.0 Å². The van der Waals surface area contributed by atoms with Crippen LogP contribution in [0.3, 0.4) is 0 Å². The number of halogens is 1. The van der Waals surface area contributed by atoms with Crippen molar-refractivity contribution >= 4 is 12.0 Å². The second-order valence-electron chi connectivity index (χ2n) is 5.28. The number of esters is 1. The highest BCUT2D eigenvalue weighted by Crippen LogP contribution is 2.22. The normalized spacial score (nSPS) is 12.2. The molecular formula is C19H15FN2O3. The Morgan fingerprint density at radius 3 is 2.56 bits per heavy atom. The van der Waals surface area contributed by atoms with Crippen molar-refractivity contribution < 1.29 is 18.3 Å². The number of benzene rings is 2. The molecule has 3 rings (SSSR count). The molecule has 2 aromatic carbocycles. The third kappa shape index (κ3) is 4.38. The third-order valence-corrected chi connectivity index (χ3v) is 3.38. The molecule has 0 aliphatic carbocycles. The fraction of sp³-hybridized carbons (Fsp3) is 0.105. The van der Waals surface area contributed by atoms with Crippen LogP contribution in [0.1, 0.15) is 24.5 Å². The van der Waals surface area contributed by atoms with E-state index in [0.717, 1.165) is 5.56 Å². The Morgan fingerprint density at radius 2 is 1.84 bits per heavy atom. The topological polar surface area (TPSA) is 65.2 Å². The van der Waals surface area contributed by atoms with Crippen molar-refractivity contribution in [1.82, 2.24) is 10.2 Å². The Kier molecular flexibility index (Phi) is 4.99. The molecule has 0 unspecified atom stereocenters. The van der Waals surface area contributed by atoms with Gasteiger partial charge in [-0.05, 0) is 42.8 Å². The minimum absolute atomic E-state index is 0.211. The molecule has 0 saturated heterocycles. The fourth-order valence-corrected chi connectivity index (χ4v) is 2.10. The first kappa shape index (κ1) is 16.6. The molecule has 1 atom stereocenters. The Balaban J connectivity index is 1.62. The zero-order chi connectivity index (χ0) is 17.6. The molecular weight excluding hydrogens is 323 g/mol. The number of carbonyl (C=O) groups is 1. The Morgan fingerprint density at radius 1 is 1.12 bits per heavy atom. The number of carbonyl (C=O) groups excluding carboxylic acids is 1. The first-order chi connectivity index (χ1) is 12.1. The molecule has 0 radical (unpaired) electrons. The number of hydrogen-bond donors (Lipinski definition) is 0. The number of rotatable bonds is 5. The fourth-order valence-electron chi connectivity index (χ4n) is 2.10. The summed E-state index contributed by atoms with van der Waals surface area (Å²) in [5.74, 6) is -0.321. The van der Waals surface area contributed by atoms with E-state index in [0.29, 0.717) is 11.5 Å². The summed E-state index contributed by atoms with van der Waals surface area (Å²) in [6, 6.07) is 15.1. The van der Waals surface area contributed by atoms with E-state index in [2.05, 4.69) is 10.2 Å². The van der Waals surface area contributed by atoms with Crippen LogP contribution in [0.5, 0.6) is 0 Å².